The molecule has 0 spiro atoms. The van der Waals surface area contributed by atoms with Crippen LogP contribution in [0, 0.1) is 11.3 Å². The van der Waals surface area contributed by atoms with Crippen molar-refractivity contribution < 1.29 is 0 Å². The number of pyridine rings is 1. The van der Waals surface area contributed by atoms with Crippen LogP contribution in [0.4, 0.5) is 5.82 Å². The molecule has 0 saturated carbocycles. The molecular formula is C25H22N8. The molecule has 33 heavy (non-hydrogen) atoms. The number of fused-ring (bicyclic) bond motifs is 6. The second-order valence-electron chi connectivity index (χ2n) is 9.03. The first kappa shape index (κ1) is 18.6. The van der Waals surface area contributed by atoms with Crippen molar-refractivity contribution in [2.75, 3.05) is 18.0 Å². The Balaban J connectivity index is 1.31. The number of nitrogens with zero attached hydrogens (tertiary/aromatic N) is 7. The van der Waals surface area contributed by atoms with E-state index >= 15 is 0 Å². The van der Waals surface area contributed by atoms with Crippen molar-refractivity contribution in [1.29, 1.82) is 5.26 Å². The highest BCUT2D eigenvalue weighted by Gasteiger charge is 2.38. The van der Waals surface area contributed by atoms with Gasteiger partial charge >= 0.3 is 0 Å². The van der Waals surface area contributed by atoms with Crippen LogP contribution in [-0.4, -0.2) is 49.5 Å². The quantitative estimate of drug-likeness (QED) is 0.460. The third-order valence-electron chi connectivity index (χ3n) is 7.26. The van der Waals surface area contributed by atoms with Gasteiger partial charge in [-0.05, 0) is 49.2 Å². The van der Waals surface area contributed by atoms with Crippen LogP contribution >= 0.6 is 0 Å². The highest BCUT2D eigenvalue weighted by Crippen LogP contribution is 2.36. The number of aromatic nitrogens is 5. The van der Waals surface area contributed by atoms with Crippen LogP contribution in [0.3, 0.4) is 0 Å². The van der Waals surface area contributed by atoms with E-state index in [1.54, 1.807) is 6.33 Å². The predicted molar refractivity (Wildman–Crippen MR) is 124 cm³/mol. The van der Waals surface area contributed by atoms with Gasteiger partial charge in [0.1, 0.15) is 12.1 Å². The molecule has 8 nitrogen and oxygen atoms in total. The van der Waals surface area contributed by atoms with Gasteiger partial charge in [0.2, 0.25) is 0 Å². The lowest BCUT2D eigenvalue weighted by atomic mass is 10.1. The summed E-state index contributed by atoms with van der Waals surface area (Å²) in [6, 6.07) is 15.4. The van der Waals surface area contributed by atoms with Crippen molar-refractivity contribution in [3.8, 4) is 34.4 Å². The van der Waals surface area contributed by atoms with Gasteiger partial charge in [-0.25, -0.2) is 4.98 Å². The number of rotatable bonds is 2. The average Bonchev–Trinajstić information content (AvgIpc) is 3.62. The third-order valence-corrected chi connectivity index (χ3v) is 7.26. The molecule has 3 aliphatic rings. The number of nitriles is 1. The van der Waals surface area contributed by atoms with Gasteiger partial charge in [0, 0.05) is 42.5 Å². The van der Waals surface area contributed by atoms with Gasteiger partial charge in [0.15, 0.2) is 5.82 Å². The maximum absolute atomic E-state index is 9.11. The molecule has 1 N–H and O–H groups in total. The smallest absolute Gasteiger partial charge is 0.185 e. The largest absolute Gasteiger partial charge is 0.352 e. The molecule has 2 fully saturated rings. The Morgan fingerprint density at radius 2 is 2.00 bits per heavy atom. The number of benzene rings is 1. The fourth-order valence-electron chi connectivity index (χ4n) is 5.62. The summed E-state index contributed by atoms with van der Waals surface area (Å²) in [5, 5.41) is 21.4. The number of hydrogen-bond acceptors (Lipinski definition) is 6. The summed E-state index contributed by atoms with van der Waals surface area (Å²) in [5.41, 5.74) is 6.09. The number of nitrogens with one attached hydrogen (secondary N) is 1. The Hall–Kier alpha value is -3.96. The first-order chi connectivity index (χ1) is 16.3. The molecule has 0 aliphatic carbocycles. The van der Waals surface area contributed by atoms with Crippen molar-refractivity contribution in [1.82, 2.24) is 29.6 Å². The predicted octanol–water partition coefficient (Wildman–Crippen LogP) is 2.97. The zero-order valence-electron chi connectivity index (χ0n) is 18.0. The first-order valence-electron chi connectivity index (χ1n) is 11.4. The summed E-state index contributed by atoms with van der Waals surface area (Å²) in [7, 11) is 0. The highest BCUT2D eigenvalue weighted by molar-refractivity contribution is 5.72. The SMILES string of the molecule is N#Cc1ccc(-c2cc3n(c2)Cc2cc(N4CC[C@H]5NCCC54)ncc2-n2cnnc2-3)cc1. The van der Waals surface area contributed by atoms with Crippen molar-refractivity contribution in [2.24, 2.45) is 0 Å². The van der Waals surface area contributed by atoms with E-state index in [-0.39, 0.29) is 0 Å². The van der Waals surface area contributed by atoms with Crippen LogP contribution in [0.5, 0.6) is 0 Å². The van der Waals surface area contributed by atoms with Crippen molar-refractivity contribution >= 4 is 5.82 Å². The van der Waals surface area contributed by atoms with Gasteiger partial charge in [0.05, 0.1) is 29.2 Å². The molecule has 8 heteroatoms. The molecule has 162 valence electrons. The van der Waals surface area contributed by atoms with E-state index in [1.165, 1.54) is 18.4 Å². The van der Waals surface area contributed by atoms with E-state index in [2.05, 4.69) is 49.4 Å². The Kier molecular flexibility index (Phi) is 3.96. The summed E-state index contributed by atoms with van der Waals surface area (Å²) >= 11 is 0. The molecule has 1 aromatic carbocycles. The van der Waals surface area contributed by atoms with Gasteiger partial charge in [-0.15, -0.1) is 10.2 Å². The Bertz CT molecular complexity index is 1410. The van der Waals surface area contributed by atoms with Gasteiger partial charge in [-0.3, -0.25) is 4.57 Å². The molecule has 2 atom stereocenters. The first-order valence-corrected chi connectivity index (χ1v) is 11.4. The summed E-state index contributed by atoms with van der Waals surface area (Å²) in [6.45, 7) is 2.87. The lowest BCUT2D eigenvalue weighted by molar-refractivity contribution is 0.599. The highest BCUT2D eigenvalue weighted by atomic mass is 15.3. The second-order valence-corrected chi connectivity index (χ2v) is 9.03. The van der Waals surface area contributed by atoms with E-state index in [9.17, 15) is 0 Å². The second kappa shape index (κ2) is 7.02. The van der Waals surface area contributed by atoms with Gasteiger partial charge in [-0.2, -0.15) is 5.26 Å². The van der Waals surface area contributed by atoms with Crippen LogP contribution in [0.15, 0.2) is 55.1 Å². The monoisotopic (exact) mass is 434 g/mol. The van der Waals surface area contributed by atoms with Crippen LogP contribution in [0.2, 0.25) is 0 Å². The molecule has 3 aliphatic heterocycles. The molecule has 1 unspecified atom stereocenters. The molecule has 0 bridgehead atoms. The van der Waals surface area contributed by atoms with E-state index in [1.807, 2.05) is 35.0 Å². The van der Waals surface area contributed by atoms with E-state index in [0.29, 0.717) is 17.6 Å². The third kappa shape index (κ3) is 2.82. The van der Waals surface area contributed by atoms with Crippen LogP contribution in [-0.2, 0) is 6.54 Å². The fraction of sp³-hybridized carbons (Fsp3) is 0.280. The molecular weight excluding hydrogens is 412 g/mol. The topological polar surface area (TPSA) is 87.6 Å². The Morgan fingerprint density at radius 1 is 1.09 bits per heavy atom. The number of hydrogen-bond donors (Lipinski definition) is 1. The van der Waals surface area contributed by atoms with Crippen LogP contribution in [0.1, 0.15) is 24.0 Å². The van der Waals surface area contributed by atoms with Gasteiger partial charge < -0.3 is 14.8 Å². The van der Waals surface area contributed by atoms with Crippen molar-refractivity contribution in [2.45, 2.75) is 31.5 Å². The lowest BCUT2D eigenvalue weighted by Crippen LogP contribution is -2.34. The molecule has 6 heterocycles. The summed E-state index contributed by atoms with van der Waals surface area (Å²) in [5.74, 6) is 1.87. The van der Waals surface area contributed by atoms with Gasteiger partial charge in [-0.1, -0.05) is 12.1 Å². The minimum absolute atomic E-state index is 0.539. The maximum atomic E-state index is 9.11. The van der Waals surface area contributed by atoms with Gasteiger partial charge in [0.25, 0.3) is 0 Å². The molecule has 0 radical (unpaired) electrons. The summed E-state index contributed by atoms with van der Waals surface area (Å²) in [4.78, 5) is 7.34. The maximum Gasteiger partial charge on any atom is 0.185 e. The van der Waals surface area contributed by atoms with Crippen LogP contribution < -0.4 is 10.2 Å². The van der Waals surface area contributed by atoms with E-state index in [4.69, 9.17) is 10.2 Å². The molecule has 4 aromatic rings. The molecule has 0 amide bonds. The zero-order valence-corrected chi connectivity index (χ0v) is 18.0. The van der Waals surface area contributed by atoms with Crippen LogP contribution in [0.25, 0.3) is 28.3 Å². The van der Waals surface area contributed by atoms with E-state index < -0.39 is 0 Å². The van der Waals surface area contributed by atoms with E-state index in [0.717, 1.165) is 53.8 Å². The fourth-order valence-corrected chi connectivity index (χ4v) is 5.62. The number of anilines is 1. The Labute approximate surface area is 191 Å². The van der Waals surface area contributed by atoms with Crippen molar-refractivity contribution in [3.63, 3.8) is 0 Å². The molecule has 7 rings (SSSR count). The minimum atomic E-state index is 0.539. The standard InChI is InChI=1S/C25H22N8/c26-11-16-1-3-17(4-2-16)18-9-22-25-30-29-15-33(25)23-12-28-24(10-19(23)14-31(22)13-18)32-8-6-20-21(32)5-7-27-20/h1-4,9-10,12-13,15,20-21,27H,5-8,14H2/t20-,21?/m1/s1. The Morgan fingerprint density at radius 3 is 2.88 bits per heavy atom. The normalized spacial score (nSPS) is 20.5. The lowest BCUT2D eigenvalue weighted by Gasteiger charge is -2.25. The summed E-state index contributed by atoms with van der Waals surface area (Å²) in [6.07, 6.45) is 8.26. The average molecular weight is 435 g/mol. The summed E-state index contributed by atoms with van der Waals surface area (Å²) < 4.78 is 4.28. The minimum Gasteiger partial charge on any atom is -0.352 e. The molecule has 2 saturated heterocycles. The zero-order chi connectivity index (χ0) is 21.9. The molecule has 3 aromatic heterocycles. The van der Waals surface area contributed by atoms with Crippen molar-refractivity contribution in [3.05, 3.63) is 66.2 Å².